The third-order valence-electron chi connectivity index (χ3n) is 2.83. The lowest BCUT2D eigenvalue weighted by atomic mass is 9.95. The fraction of sp³-hybridized carbons (Fsp3) is 0.333. The minimum atomic E-state index is -0.0670. The summed E-state index contributed by atoms with van der Waals surface area (Å²) < 4.78 is 5.85. The van der Waals surface area contributed by atoms with Crippen molar-refractivity contribution in [1.82, 2.24) is 9.97 Å². The molecule has 1 aromatic heterocycles. The summed E-state index contributed by atoms with van der Waals surface area (Å²) in [5.74, 6) is 1.71. The third kappa shape index (κ3) is 3.20. The summed E-state index contributed by atoms with van der Waals surface area (Å²) in [6.07, 6.45) is 0. The number of H-pyrrole nitrogens is 1. The zero-order valence-corrected chi connectivity index (χ0v) is 12.5. The van der Waals surface area contributed by atoms with Gasteiger partial charge in [0.15, 0.2) is 0 Å². The predicted octanol–water partition coefficient (Wildman–Crippen LogP) is 4.11. The molecule has 0 radical (unpaired) electrons. The first kappa shape index (κ1) is 13.7. The van der Waals surface area contributed by atoms with Gasteiger partial charge in [-0.3, -0.25) is 0 Å². The Labute approximate surface area is 118 Å². The Morgan fingerprint density at radius 1 is 1.21 bits per heavy atom. The third-order valence-corrected chi connectivity index (χ3v) is 3.04. The average Bonchev–Trinajstić information content (AvgIpc) is 2.37. The topological polar surface area (TPSA) is 37.9 Å². The first-order valence-electron chi connectivity index (χ1n) is 6.16. The molecule has 0 saturated carbocycles. The highest BCUT2D eigenvalue weighted by atomic mass is 32.1. The van der Waals surface area contributed by atoms with Gasteiger partial charge in [0.25, 0.3) is 0 Å². The van der Waals surface area contributed by atoms with E-state index in [-0.39, 0.29) is 5.41 Å². The molecular formula is C15H18N2OS. The van der Waals surface area contributed by atoms with Crippen molar-refractivity contribution in [3.8, 4) is 17.0 Å². The number of nitrogens with zero attached hydrogens (tertiary/aromatic N) is 1. The lowest BCUT2D eigenvalue weighted by Crippen LogP contribution is -2.16. The van der Waals surface area contributed by atoms with Crippen LogP contribution in [0.15, 0.2) is 30.3 Å². The molecule has 1 N–H and O–H groups in total. The van der Waals surface area contributed by atoms with E-state index in [0.717, 1.165) is 22.8 Å². The summed E-state index contributed by atoms with van der Waals surface area (Å²) in [7, 11) is 1.66. The molecule has 2 rings (SSSR count). The van der Waals surface area contributed by atoms with Crippen molar-refractivity contribution in [3.63, 3.8) is 0 Å². The van der Waals surface area contributed by atoms with Crippen LogP contribution in [0.3, 0.4) is 0 Å². The molecule has 1 heterocycles. The maximum absolute atomic E-state index is 5.25. The molecule has 2 aromatic rings. The normalized spacial score (nSPS) is 11.4. The number of aromatic amines is 1. The van der Waals surface area contributed by atoms with Gasteiger partial charge in [-0.2, -0.15) is 0 Å². The van der Waals surface area contributed by atoms with Crippen LogP contribution in [0.25, 0.3) is 11.3 Å². The Hall–Kier alpha value is -1.68. The molecule has 4 heteroatoms. The molecule has 0 aliphatic carbocycles. The number of aromatic nitrogens is 2. The van der Waals surface area contributed by atoms with E-state index in [1.54, 1.807) is 7.11 Å². The monoisotopic (exact) mass is 274 g/mol. The number of benzene rings is 1. The molecule has 0 aliphatic rings. The van der Waals surface area contributed by atoms with Gasteiger partial charge in [-0.05, 0) is 18.2 Å². The molecule has 0 saturated heterocycles. The van der Waals surface area contributed by atoms with Crippen molar-refractivity contribution in [3.05, 3.63) is 40.8 Å². The Bertz CT molecular complexity index is 641. The zero-order valence-electron chi connectivity index (χ0n) is 11.7. The highest BCUT2D eigenvalue weighted by Gasteiger charge is 2.17. The number of hydrogen-bond donors (Lipinski definition) is 1. The van der Waals surface area contributed by atoms with Gasteiger partial charge in [0.05, 0.1) is 7.11 Å². The highest BCUT2D eigenvalue weighted by molar-refractivity contribution is 7.71. The summed E-state index contributed by atoms with van der Waals surface area (Å²) in [5, 5.41) is 0. The molecule has 0 fully saturated rings. The van der Waals surface area contributed by atoms with Gasteiger partial charge >= 0.3 is 0 Å². The van der Waals surface area contributed by atoms with Crippen LogP contribution in [0, 0.1) is 4.64 Å². The summed E-state index contributed by atoms with van der Waals surface area (Å²) in [6.45, 7) is 6.32. The maximum atomic E-state index is 5.25. The number of nitrogens with one attached hydrogen (secondary N) is 1. The molecule has 100 valence electrons. The minimum absolute atomic E-state index is 0.0670. The quantitative estimate of drug-likeness (QED) is 0.837. The Morgan fingerprint density at radius 3 is 2.58 bits per heavy atom. The fourth-order valence-electron chi connectivity index (χ4n) is 1.76. The smallest absolute Gasteiger partial charge is 0.130 e. The van der Waals surface area contributed by atoms with Crippen molar-refractivity contribution in [2.24, 2.45) is 0 Å². The fourth-order valence-corrected chi connectivity index (χ4v) is 1.97. The zero-order chi connectivity index (χ0) is 14.0. The van der Waals surface area contributed by atoms with Crippen molar-refractivity contribution in [1.29, 1.82) is 0 Å². The van der Waals surface area contributed by atoms with Crippen molar-refractivity contribution >= 4 is 12.2 Å². The van der Waals surface area contributed by atoms with Gasteiger partial charge in [-0.1, -0.05) is 45.1 Å². The molecule has 0 atom stereocenters. The van der Waals surface area contributed by atoms with Crippen LogP contribution in [-0.2, 0) is 5.41 Å². The van der Waals surface area contributed by atoms with Gasteiger partial charge in [0, 0.05) is 16.7 Å². The van der Waals surface area contributed by atoms with Gasteiger partial charge in [0.2, 0.25) is 0 Å². The molecule has 0 spiro atoms. The predicted molar refractivity (Wildman–Crippen MR) is 80.1 cm³/mol. The number of methoxy groups -OCH3 is 1. The van der Waals surface area contributed by atoms with E-state index in [1.165, 1.54) is 0 Å². The lowest BCUT2D eigenvalue weighted by molar-refractivity contribution is 0.415. The van der Waals surface area contributed by atoms with Crippen molar-refractivity contribution in [2.75, 3.05) is 7.11 Å². The van der Waals surface area contributed by atoms with Crippen LogP contribution in [0.1, 0.15) is 26.6 Å². The summed E-state index contributed by atoms with van der Waals surface area (Å²) in [5.41, 5.74) is 1.93. The standard InChI is InChI=1S/C15H18N2OS/c1-15(2,3)14-16-12(9-13(19)17-14)10-6-5-7-11(8-10)18-4/h5-9H,1-4H3,(H,16,17,19). The van der Waals surface area contributed by atoms with Gasteiger partial charge in [-0.15, -0.1) is 0 Å². The first-order valence-corrected chi connectivity index (χ1v) is 6.57. The molecule has 0 amide bonds. The van der Waals surface area contributed by atoms with Crippen LogP contribution in [0.2, 0.25) is 0 Å². The Morgan fingerprint density at radius 2 is 1.95 bits per heavy atom. The Balaban J connectivity index is 2.56. The van der Waals surface area contributed by atoms with E-state index in [4.69, 9.17) is 17.0 Å². The molecular weight excluding hydrogens is 256 g/mol. The SMILES string of the molecule is COc1cccc(-c2cc(=S)nc(C(C)(C)C)[nH]2)c1. The van der Waals surface area contributed by atoms with E-state index in [1.807, 2.05) is 30.3 Å². The van der Waals surface area contributed by atoms with E-state index in [9.17, 15) is 0 Å². The van der Waals surface area contributed by atoms with Crippen LogP contribution in [0.5, 0.6) is 5.75 Å². The first-order chi connectivity index (χ1) is 8.90. The van der Waals surface area contributed by atoms with Crippen LogP contribution in [-0.4, -0.2) is 17.1 Å². The highest BCUT2D eigenvalue weighted by Crippen LogP contribution is 2.25. The maximum Gasteiger partial charge on any atom is 0.130 e. The van der Waals surface area contributed by atoms with Crippen molar-refractivity contribution < 1.29 is 4.74 Å². The molecule has 0 aliphatic heterocycles. The lowest BCUT2D eigenvalue weighted by Gasteiger charge is -2.18. The van der Waals surface area contributed by atoms with Crippen LogP contribution >= 0.6 is 12.2 Å². The molecule has 3 nitrogen and oxygen atoms in total. The second kappa shape index (κ2) is 5.13. The summed E-state index contributed by atoms with van der Waals surface area (Å²) in [6, 6.07) is 9.76. The second-order valence-corrected chi connectivity index (χ2v) is 5.88. The summed E-state index contributed by atoms with van der Waals surface area (Å²) in [4.78, 5) is 7.76. The second-order valence-electron chi connectivity index (χ2n) is 5.46. The molecule has 19 heavy (non-hydrogen) atoms. The van der Waals surface area contributed by atoms with Gasteiger partial charge < -0.3 is 9.72 Å². The van der Waals surface area contributed by atoms with Crippen molar-refractivity contribution in [2.45, 2.75) is 26.2 Å². The Kier molecular flexibility index (Phi) is 3.71. The van der Waals surface area contributed by atoms with E-state index in [2.05, 4.69) is 30.7 Å². The molecule has 0 bridgehead atoms. The van der Waals surface area contributed by atoms with E-state index in [0.29, 0.717) is 4.64 Å². The van der Waals surface area contributed by atoms with Crippen LogP contribution in [0.4, 0.5) is 0 Å². The largest absolute Gasteiger partial charge is 0.497 e. The van der Waals surface area contributed by atoms with Gasteiger partial charge in [0.1, 0.15) is 16.2 Å². The van der Waals surface area contributed by atoms with Crippen LogP contribution < -0.4 is 4.74 Å². The molecule has 1 aromatic carbocycles. The number of rotatable bonds is 2. The minimum Gasteiger partial charge on any atom is -0.497 e. The number of ether oxygens (including phenoxy) is 1. The summed E-state index contributed by atoms with van der Waals surface area (Å²) >= 11 is 5.25. The van der Waals surface area contributed by atoms with Gasteiger partial charge in [-0.25, -0.2) is 4.98 Å². The molecule has 0 unspecified atom stereocenters. The van der Waals surface area contributed by atoms with E-state index < -0.39 is 0 Å². The average molecular weight is 274 g/mol. The number of hydrogen-bond acceptors (Lipinski definition) is 3. The van der Waals surface area contributed by atoms with E-state index >= 15 is 0 Å².